The van der Waals surface area contributed by atoms with Crippen LogP contribution < -0.4 is 15.0 Å². The van der Waals surface area contributed by atoms with Crippen LogP contribution in [0.1, 0.15) is 11.6 Å². The van der Waals surface area contributed by atoms with Crippen molar-refractivity contribution < 1.29 is 17.9 Å². The van der Waals surface area contributed by atoms with Crippen molar-refractivity contribution >= 4 is 21.7 Å². The molecule has 2 fully saturated rings. The summed E-state index contributed by atoms with van der Waals surface area (Å²) in [6, 6.07) is 4.88. The molecule has 0 spiro atoms. The molecule has 2 saturated heterocycles. The van der Waals surface area contributed by atoms with E-state index < -0.39 is 10.0 Å². The standard InChI is InChI=1S/C17H19N5O4S/c23-17-18-4-5-21(17)13-8-19-22(11-13)14-9-20(10-14)27(24,25)15-1-2-16-12(7-15)3-6-26-16/h1-2,7-8,11,14H,3-6,9-10H2,(H,18,23). The van der Waals surface area contributed by atoms with Crippen molar-refractivity contribution in [2.24, 2.45) is 0 Å². The summed E-state index contributed by atoms with van der Waals surface area (Å²) in [7, 11) is -3.52. The summed E-state index contributed by atoms with van der Waals surface area (Å²) in [4.78, 5) is 13.7. The number of rotatable bonds is 4. The Labute approximate surface area is 156 Å². The number of amides is 2. The maximum atomic E-state index is 12.8. The molecule has 27 heavy (non-hydrogen) atoms. The van der Waals surface area contributed by atoms with Crippen LogP contribution in [0.4, 0.5) is 10.5 Å². The first-order valence-corrected chi connectivity index (χ1v) is 10.3. The molecule has 5 rings (SSSR count). The fourth-order valence-corrected chi connectivity index (χ4v) is 5.20. The normalized spacial score (nSPS) is 20.3. The predicted octanol–water partition coefficient (Wildman–Crippen LogP) is 0.593. The van der Waals surface area contributed by atoms with Gasteiger partial charge in [0.2, 0.25) is 10.0 Å². The zero-order valence-corrected chi connectivity index (χ0v) is 15.4. The van der Waals surface area contributed by atoms with Crippen LogP contribution in [0.5, 0.6) is 5.75 Å². The van der Waals surface area contributed by atoms with Gasteiger partial charge >= 0.3 is 6.03 Å². The van der Waals surface area contributed by atoms with Crippen molar-refractivity contribution in [2.75, 3.05) is 37.7 Å². The smallest absolute Gasteiger partial charge is 0.322 e. The van der Waals surface area contributed by atoms with E-state index in [0.717, 1.165) is 23.4 Å². The Balaban J connectivity index is 1.29. The molecule has 0 unspecified atom stereocenters. The van der Waals surface area contributed by atoms with Crippen LogP contribution >= 0.6 is 0 Å². The monoisotopic (exact) mass is 389 g/mol. The van der Waals surface area contributed by atoms with Gasteiger partial charge in [-0.3, -0.25) is 9.58 Å². The Bertz CT molecular complexity index is 1010. The second-order valence-corrected chi connectivity index (χ2v) is 8.84. The molecule has 9 nitrogen and oxygen atoms in total. The Morgan fingerprint density at radius 1 is 1.26 bits per heavy atom. The van der Waals surface area contributed by atoms with Crippen LogP contribution in [-0.4, -0.2) is 61.3 Å². The third-order valence-corrected chi connectivity index (χ3v) is 7.09. The molecule has 1 N–H and O–H groups in total. The minimum atomic E-state index is -3.52. The highest BCUT2D eigenvalue weighted by Crippen LogP contribution is 2.32. The Hall–Kier alpha value is -2.59. The lowest BCUT2D eigenvalue weighted by Crippen LogP contribution is -2.50. The van der Waals surface area contributed by atoms with E-state index in [1.165, 1.54) is 4.31 Å². The molecule has 1 aromatic heterocycles. The SMILES string of the molecule is O=C1NCCN1c1cnn(C2CN(S(=O)(=O)c3ccc4c(c3)CCO4)C2)c1. The van der Waals surface area contributed by atoms with Crippen molar-refractivity contribution in [3.8, 4) is 5.75 Å². The molecular formula is C17H19N5O4S. The Kier molecular flexibility index (Phi) is 3.66. The molecule has 3 aliphatic heterocycles. The lowest BCUT2D eigenvalue weighted by Gasteiger charge is -2.38. The molecule has 0 radical (unpaired) electrons. The number of sulfonamides is 1. The van der Waals surface area contributed by atoms with E-state index in [-0.39, 0.29) is 12.1 Å². The number of hydrogen-bond donors (Lipinski definition) is 1. The van der Waals surface area contributed by atoms with Gasteiger partial charge in [-0.05, 0) is 23.8 Å². The summed E-state index contributed by atoms with van der Waals surface area (Å²) < 4.78 is 34.3. The molecule has 1 aromatic carbocycles. The van der Waals surface area contributed by atoms with E-state index in [1.807, 2.05) is 0 Å². The van der Waals surface area contributed by atoms with Crippen LogP contribution in [0, 0.1) is 0 Å². The van der Waals surface area contributed by atoms with E-state index in [1.54, 1.807) is 40.2 Å². The quantitative estimate of drug-likeness (QED) is 0.826. The first kappa shape index (κ1) is 16.6. The fourth-order valence-electron chi connectivity index (χ4n) is 3.64. The highest BCUT2D eigenvalue weighted by atomic mass is 32.2. The summed E-state index contributed by atoms with van der Waals surface area (Å²) >= 11 is 0. The lowest BCUT2D eigenvalue weighted by molar-refractivity contribution is 0.191. The van der Waals surface area contributed by atoms with Crippen LogP contribution in [0.15, 0.2) is 35.5 Å². The molecule has 142 valence electrons. The molecule has 10 heteroatoms. The summed E-state index contributed by atoms with van der Waals surface area (Å²) in [5.74, 6) is 0.769. The van der Waals surface area contributed by atoms with Gasteiger partial charge < -0.3 is 10.1 Å². The number of ether oxygens (including phenoxy) is 1. The predicted molar refractivity (Wildman–Crippen MR) is 96.4 cm³/mol. The molecule has 3 aliphatic rings. The first-order chi connectivity index (χ1) is 13.0. The van der Waals surface area contributed by atoms with E-state index in [0.29, 0.717) is 37.7 Å². The number of fused-ring (bicyclic) bond motifs is 1. The van der Waals surface area contributed by atoms with Gasteiger partial charge in [-0.2, -0.15) is 9.40 Å². The van der Waals surface area contributed by atoms with E-state index in [4.69, 9.17) is 4.74 Å². The largest absolute Gasteiger partial charge is 0.493 e. The third kappa shape index (κ3) is 2.67. The molecule has 0 saturated carbocycles. The van der Waals surface area contributed by atoms with Crippen LogP contribution in [0.3, 0.4) is 0 Å². The molecule has 0 bridgehead atoms. The number of carbonyl (C=O) groups excluding carboxylic acids is 1. The third-order valence-electron chi connectivity index (χ3n) is 5.26. The molecule has 4 heterocycles. The van der Waals surface area contributed by atoms with E-state index >= 15 is 0 Å². The lowest BCUT2D eigenvalue weighted by atomic mass is 10.2. The summed E-state index contributed by atoms with van der Waals surface area (Å²) in [6.45, 7) is 2.55. The highest BCUT2D eigenvalue weighted by Gasteiger charge is 2.39. The summed E-state index contributed by atoms with van der Waals surface area (Å²) in [5, 5.41) is 7.06. The second-order valence-electron chi connectivity index (χ2n) is 6.91. The van der Waals surface area contributed by atoms with Gasteiger partial charge in [0.15, 0.2) is 0 Å². The molecule has 2 aromatic rings. The molecule has 0 aliphatic carbocycles. The average Bonchev–Trinajstić information content (AvgIpc) is 3.32. The maximum absolute atomic E-state index is 12.8. The zero-order valence-electron chi connectivity index (χ0n) is 14.5. The van der Waals surface area contributed by atoms with Gasteiger partial charge in [0.1, 0.15) is 5.75 Å². The number of nitrogens with zero attached hydrogens (tertiary/aromatic N) is 4. The Morgan fingerprint density at radius 2 is 2.11 bits per heavy atom. The van der Waals surface area contributed by atoms with Gasteiger partial charge in [0, 0.05) is 38.8 Å². The summed E-state index contributed by atoms with van der Waals surface area (Å²) in [5.41, 5.74) is 1.67. The number of nitrogens with one attached hydrogen (secondary N) is 1. The number of benzene rings is 1. The zero-order chi connectivity index (χ0) is 18.6. The number of anilines is 1. The Morgan fingerprint density at radius 3 is 2.89 bits per heavy atom. The minimum absolute atomic E-state index is 0.0306. The van der Waals surface area contributed by atoms with Crippen LogP contribution in [0.25, 0.3) is 0 Å². The van der Waals surface area contributed by atoms with E-state index in [2.05, 4.69) is 10.4 Å². The molecular weight excluding hydrogens is 370 g/mol. The van der Waals surface area contributed by atoms with Crippen molar-refractivity contribution in [2.45, 2.75) is 17.4 Å². The van der Waals surface area contributed by atoms with Crippen molar-refractivity contribution in [1.29, 1.82) is 0 Å². The van der Waals surface area contributed by atoms with Gasteiger partial charge in [-0.15, -0.1) is 0 Å². The number of aromatic nitrogens is 2. The van der Waals surface area contributed by atoms with Crippen LogP contribution in [-0.2, 0) is 16.4 Å². The van der Waals surface area contributed by atoms with Crippen LogP contribution in [0.2, 0.25) is 0 Å². The molecule has 0 atom stereocenters. The highest BCUT2D eigenvalue weighted by molar-refractivity contribution is 7.89. The molecule has 2 amide bonds. The maximum Gasteiger partial charge on any atom is 0.322 e. The number of hydrogen-bond acceptors (Lipinski definition) is 5. The van der Waals surface area contributed by atoms with Gasteiger partial charge in [-0.1, -0.05) is 0 Å². The first-order valence-electron chi connectivity index (χ1n) is 8.88. The van der Waals surface area contributed by atoms with Crippen molar-refractivity contribution in [1.82, 2.24) is 19.4 Å². The topological polar surface area (TPSA) is 96.8 Å². The second kappa shape index (κ2) is 5.96. The average molecular weight is 389 g/mol. The van der Waals surface area contributed by atoms with E-state index in [9.17, 15) is 13.2 Å². The van der Waals surface area contributed by atoms with Gasteiger partial charge in [0.25, 0.3) is 0 Å². The fraction of sp³-hybridized carbons (Fsp3) is 0.412. The number of urea groups is 1. The number of carbonyl (C=O) groups is 1. The van der Waals surface area contributed by atoms with Crippen molar-refractivity contribution in [3.05, 3.63) is 36.2 Å². The van der Waals surface area contributed by atoms with Gasteiger partial charge in [0.05, 0.1) is 29.4 Å². The van der Waals surface area contributed by atoms with Crippen molar-refractivity contribution in [3.63, 3.8) is 0 Å². The summed E-state index contributed by atoms with van der Waals surface area (Å²) in [6.07, 6.45) is 4.18. The van der Waals surface area contributed by atoms with Gasteiger partial charge in [-0.25, -0.2) is 13.2 Å². The minimum Gasteiger partial charge on any atom is -0.493 e.